The third-order valence-electron chi connectivity index (χ3n) is 6.01. The number of hydrogen-bond donors (Lipinski definition) is 1. The minimum absolute atomic E-state index is 0.115. The van der Waals surface area contributed by atoms with Gasteiger partial charge >= 0.3 is 12.1 Å². The third kappa shape index (κ3) is 4.21. The lowest BCUT2D eigenvalue weighted by molar-refractivity contribution is -0.154. The molecule has 0 aromatic carbocycles. The van der Waals surface area contributed by atoms with Crippen molar-refractivity contribution in [1.82, 2.24) is 10.2 Å². The van der Waals surface area contributed by atoms with Crippen LogP contribution >= 0.6 is 0 Å². The number of carbonyl (C=O) groups excluding carboxylic acids is 2. The Kier molecular flexibility index (Phi) is 7.08. The summed E-state index contributed by atoms with van der Waals surface area (Å²) in [6.07, 6.45) is 2.12. The lowest BCUT2D eigenvalue weighted by Crippen LogP contribution is -2.68. The lowest BCUT2D eigenvalue weighted by atomic mass is 9.68. The zero-order valence-corrected chi connectivity index (χ0v) is 16.3. The second kappa shape index (κ2) is 8.19. The van der Waals surface area contributed by atoms with E-state index in [2.05, 4.69) is 44.8 Å². The summed E-state index contributed by atoms with van der Waals surface area (Å²) < 4.78 is 10.9. The highest BCUT2D eigenvalue weighted by Crippen LogP contribution is 2.46. The first-order chi connectivity index (χ1) is 11.1. The second-order valence-corrected chi connectivity index (χ2v) is 7.24. The van der Waals surface area contributed by atoms with Crippen LogP contribution in [0, 0.1) is 5.92 Å². The highest BCUT2D eigenvalue weighted by atomic mass is 16.6. The standard InChI is InChI=1S/C18H34N2O4/c1-8-17(5)12-15(24-16(22)19-7)13(3)18(6,9-2)20(17)10-11-23-14(4)21/h13,15H,8-12H2,1-7H3,(H,19,22). The maximum Gasteiger partial charge on any atom is 0.407 e. The molecule has 0 aromatic rings. The van der Waals surface area contributed by atoms with Gasteiger partial charge in [0.1, 0.15) is 12.7 Å². The van der Waals surface area contributed by atoms with Gasteiger partial charge < -0.3 is 14.8 Å². The Morgan fingerprint density at radius 3 is 2.33 bits per heavy atom. The van der Waals surface area contributed by atoms with E-state index in [4.69, 9.17) is 9.47 Å². The van der Waals surface area contributed by atoms with Crippen LogP contribution in [0.2, 0.25) is 0 Å². The van der Waals surface area contributed by atoms with E-state index in [0.717, 1.165) is 19.3 Å². The maximum absolute atomic E-state index is 11.7. The average Bonchev–Trinajstić information content (AvgIpc) is 2.55. The van der Waals surface area contributed by atoms with E-state index >= 15 is 0 Å². The molecule has 0 spiro atoms. The topological polar surface area (TPSA) is 67.9 Å². The molecule has 0 saturated carbocycles. The summed E-state index contributed by atoms with van der Waals surface area (Å²) in [5.41, 5.74) is -0.252. The summed E-state index contributed by atoms with van der Waals surface area (Å²) in [4.78, 5) is 25.3. The number of likely N-dealkylation sites (tertiary alicyclic amines) is 1. The van der Waals surface area contributed by atoms with Gasteiger partial charge in [-0.3, -0.25) is 9.69 Å². The number of ether oxygens (including phenoxy) is 2. The Balaban J connectivity index is 3.08. The van der Waals surface area contributed by atoms with Gasteiger partial charge in [-0.05, 0) is 26.7 Å². The predicted molar refractivity (Wildman–Crippen MR) is 93.8 cm³/mol. The Morgan fingerprint density at radius 2 is 1.88 bits per heavy atom. The molecule has 1 aliphatic rings. The van der Waals surface area contributed by atoms with E-state index in [-0.39, 0.29) is 35.2 Å². The number of piperidine rings is 1. The van der Waals surface area contributed by atoms with E-state index in [1.807, 2.05) is 0 Å². The van der Waals surface area contributed by atoms with Crippen molar-refractivity contribution in [3.63, 3.8) is 0 Å². The van der Waals surface area contributed by atoms with Gasteiger partial charge in [-0.25, -0.2) is 4.79 Å². The van der Waals surface area contributed by atoms with E-state index in [0.29, 0.717) is 13.2 Å². The van der Waals surface area contributed by atoms with Gasteiger partial charge in [-0.15, -0.1) is 0 Å². The van der Waals surface area contributed by atoms with E-state index in [1.165, 1.54) is 6.92 Å². The van der Waals surface area contributed by atoms with Crippen molar-refractivity contribution in [1.29, 1.82) is 0 Å². The number of rotatable bonds is 6. The summed E-state index contributed by atoms with van der Waals surface area (Å²) in [7, 11) is 1.58. The van der Waals surface area contributed by atoms with Gasteiger partial charge in [0.25, 0.3) is 0 Å². The fourth-order valence-electron chi connectivity index (χ4n) is 3.98. The molecule has 24 heavy (non-hydrogen) atoms. The van der Waals surface area contributed by atoms with Gasteiger partial charge in [0.15, 0.2) is 0 Å². The van der Waals surface area contributed by atoms with Crippen molar-refractivity contribution in [3.8, 4) is 0 Å². The molecule has 0 aliphatic carbocycles. The molecule has 1 saturated heterocycles. The molecule has 1 N–H and O–H groups in total. The van der Waals surface area contributed by atoms with Crippen LogP contribution in [0.15, 0.2) is 0 Å². The van der Waals surface area contributed by atoms with Crippen LogP contribution in [-0.2, 0) is 14.3 Å². The molecule has 1 heterocycles. The van der Waals surface area contributed by atoms with E-state index in [9.17, 15) is 9.59 Å². The van der Waals surface area contributed by atoms with Crippen LogP contribution in [0.1, 0.15) is 60.8 Å². The molecule has 1 amide bonds. The highest BCUT2D eigenvalue weighted by molar-refractivity contribution is 5.67. The summed E-state index contributed by atoms with van der Waals surface area (Å²) in [6.45, 7) is 13.4. The van der Waals surface area contributed by atoms with Crippen LogP contribution in [0.4, 0.5) is 4.79 Å². The Hall–Kier alpha value is -1.30. The molecule has 1 fully saturated rings. The van der Waals surface area contributed by atoms with Crippen molar-refractivity contribution in [3.05, 3.63) is 0 Å². The van der Waals surface area contributed by atoms with E-state index in [1.54, 1.807) is 7.05 Å². The number of nitrogens with one attached hydrogen (secondary N) is 1. The summed E-state index contributed by atoms with van der Waals surface area (Å²) in [6, 6.07) is 0. The molecule has 1 rings (SSSR count). The number of alkyl carbamates (subject to hydrolysis) is 1. The fourth-order valence-corrected chi connectivity index (χ4v) is 3.98. The summed E-state index contributed by atoms with van der Waals surface area (Å²) in [5, 5.41) is 2.55. The number of nitrogens with zero attached hydrogens (tertiary/aromatic N) is 1. The lowest BCUT2D eigenvalue weighted by Gasteiger charge is -2.60. The van der Waals surface area contributed by atoms with Crippen LogP contribution < -0.4 is 5.32 Å². The molecule has 4 unspecified atom stereocenters. The predicted octanol–water partition coefficient (Wildman–Crippen LogP) is 2.95. The molecule has 140 valence electrons. The molecule has 0 aromatic heterocycles. The molecule has 6 nitrogen and oxygen atoms in total. The first-order valence-electron chi connectivity index (χ1n) is 8.94. The fraction of sp³-hybridized carbons (Fsp3) is 0.889. The smallest absolute Gasteiger partial charge is 0.407 e. The quantitative estimate of drug-likeness (QED) is 0.752. The second-order valence-electron chi connectivity index (χ2n) is 7.24. The SMILES string of the molecule is CCC1(C)CC(OC(=O)NC)C(C)C(C)(CC)N1CCOC(C)=O. The normalized spacial score (nSPS) is 33.8. The molecule has 4 atom stereocenters. The van der Waals surface area contributed by atoms with Crippen LogP contribution in [-0.4, -0.2) is 54.3 Å². The average molecular weight is 342 g/mol. The first kappa shape index (κ1) is 20.7. The number of amides is 1. The van der Waals surface area contributed by atoms with Crippen molar-refractivity contribution in [2.24, 2.45) is 5.92 Å². The van der Waals surface area contributed by atoms with Crippen molar-refractivity contribution < 1.29 is 19.1 Å². The largest absolute Gasteiger partial charge is 0.465 e. The van der Waals surface area contributed by atoms with Crippen LogP contribution in [0.5, 0.6) is 0 Å². The highest BCUT2D eigenvalue weighted by Gasteiger charge is 2.53. The molecular formula is C18H34N2O4. The van der Waals surface area contributed by atoms with Gasteiger partial charge in [-0.2, -0.15) is 0 Å². The molecule has 6 heteroatoms. The minimum Gasteiger partial charge on any atom is -0.465 e. The van der Waals surface area contributed by atoms with Crippen molar-refractivity contribution in [2.75, 3.05) is 20.2 Å². The Labute approximate surface area is 146 Å². The zero-order valence-electron chi connectivity index (χ0n) is 16.3. The van der Waals surface area contributed by atoms with Crippen LogP contribution in [0.3, 0.4) is 0 Å². The van der Waals surface area contributed by atoms with Gasteiger partial charge in [0.2, 0.25) is 0 Å². The Morgan fingerprint density at radius 1 is 1.25 bits per heavy atom. The zero-order chi connectivity index (χ0) is 18.5. The minimum atomic E-state index is -0.378. The number of esters is 1. The molecule has 0 bridgehead atoms. The number of hydrogen-bond acceptors (Lipinski definition) is 5. The molecule has 0 radical (unpaired) electrons. The monoisotopic (exact) mass is 342 g/mol. The summed E-state index contributed by atoms with van der Waals surface area (Å²) in [5.74, 6) is -0.0750. The maximum atomic E-state index is 11.7. The van der Waals surface area contributed by atoms with Gasteiger partial charge in [-0.1, -0.05) is 20.8 Å². The molecular weight excluding hydrogens is 308 g/mol. The first-order valence-corrected chi connectivity index (χ1v) is 8.94. The van der Waals surface area contributed by atoms with Crippen molar-refractivity contribution in [2.45, 2.75) is 78.0 Å². The van der Waals surface area contributed by atoms with E-state index < -0.39 is 0 Å². The van der Waals surface area contributed by atoms with Gasteiger partial charge in [0.05, 0.1) is 0 Å². The summed E-state index contributed by atoms with van der Waals surface area (Å²) >= 11 is 0. The Bertz CT molecular complexity index is 456. The molecule has 1 aliphatic heterocycles. The van der Waals surface area contributed by atoms with Gasteiger partial charge in [0, 0.05) is 43.9 Å². The van der Waals surface area contributed by atoms with Crippen LogP contribution in [0.25, 0.3) is 0 Å². The third-order valence-corrected chi connectivity index (χ3v) is 6.01. The number of carbonyl (C=O) groups is 2. The van der Waals surface area contributed by atoms with Crippen molar-refractivity contribution >= 4 is 12.1 Å².